The first-order valence-electron chi connectivity index (χ1n) is 11.3. The largest absolute Gasteiger partial charge is 0.378 e. The van der Waals surface area contributed by atoms with Crippen LogP contribution in [-0.2, 0) is 23.8 Å². The lowest BCUT2D eigenvalue weighted by molar-refractivity contribution is -0.147. The summed E-state index contributed by atoms with van der Waals surface area (Å²) >= 11 is 0. The molecular weight excluding hydrogens is 398 g/mol. The minimum absolute atomic E-state index is 0.00578. The summed E-state index contributed by atoms with van der Waals surface area (Å²) < 4.78 is 16.8. The minimum Gasteiger partial charge on any atom is -0.378 e. The maximum absolute atomic E-state index is 12.7. The molecule has 172 valence electrons. The number of hydrogen-bond donors (Lipinski definition) is 1. The topological polar surface area (TPSA) is 80.3 Å². The van der Waals surface area contributed by atoms with Crippen LogP contribution in [0.25, 0.3) is 0 Å². The fraction of sp³-hybridized carbons (Fsp3) is 0.652. The van der Waals surface area contributed by atoms with E-state index < -0.39 is 6.10 Å². The van der Waals surface area contributed by atoms with Gasteiger partial charge in [-0.2, -0.15) is 0 Å². The molecule has 2 fully saturated rings. The zero-order valence-electron chi connectivity index (χ0n) is 18.7. The second-order valence-corrected chi connectivity index (χ2v) is 8.01. The Morgan fingerprint density at radius 1 is 1.19 bits per heavy atom. The summed E-state index contributed by atoms with van der Waals surface area (Å²) in [6.07, 6.45) is 2.63. The lowest BCUT2D eigenvalue weighted by atomic mass is 10.1. The van der Waals surface area contributed by atoms with Gasteiger partial charge in [-0.3, -0.25) is 9.59 Å². The van der Waals surface area contributed by atoms with Crippen molar-refractivity contribution in [2.24, 2.45) is 0 Å². The van der Waals surface area contributed by atoms with E-state index in [1.54, 1.807) is 6.92 Å². The Hall–Kier alpha value is -2.16. The monoisotopic (exact) mass is 433 g/mol. The average Bonchev–Trinajstić information content (AvgIpc) is 2.82. The number of hydrogen-bond acceptors (Lipinski definition) is 6. The highest BCUT2D eigenvalue weighted by molar-refractivity contribution is 5.95. The second-order valence-electron chi connectivity index (χ2n) is 8.01. The number of anilines is 2. The molecule has 0 bridgehead atoms. The van der Waals surface area contributed by atoms with E-state index in [0.717, 1.165) is 57.9 Å². The number of amides is 2. The lowest BCUT2D eigenvalue weighted by Gasteiger charge is -2.29. The van der Waals surface area contributed by atoms with Crippen LogP contribution in [-0.4, -0.2) is 81.5 Å². The van der Waals surface area contributed by atoms with E-state index in [4.69, 9.17) is 14.2 Å². The number of benzene rings is 1. The van der Waals surface area contributed by atoms with Crippen molar-refractivity contribution >= 4 is 23.2 Å². The molecule has 1 aromatic carbocycles. The maximum Gasteiger partial charge on any atom is 0.251 e. The molecule has 31 heavy (non-hydrogen) atoms. The summed E-state index contributed by atoms with van der Waals surface area (Å²) in [5.74, 6) is -0.409. The Morgan fingerprint density at radius 2 is 1.94 bits per heavy atom. The van der Waals surface area contributed by atoms with Gasteiger partial charge in [-0.05, 0) is 57.4 Å². The highest BCUT2D eigenvalue weighted by atomic mass is 16.5. The van der Waals surface area contributed by atoms with Crippen molar-refractivity contribution in [1.29, 1.82) is 0 Å². The number of morpholine rings is 1. The van der Waals surface area contributed by atoms with Crippen molar-refractivity contribution in [2.45, 2.75) is 45.3 Å². The van der Waals surface area contributed by atoms with Crippen molar-refractivity contribution in [3.63, 3.8) is 0 Å². The molecule has 2 heterocycles. The van der Waals surface area contributed by atoms with Gasteiger partial charge in [0.1, 0.15) is 6.10 Å². The maximum atomic E-state index is 12.7. The Morgan fingerprint density at radius 3 is 2.58 bits per heavy atom. The van der Waals surface area contributed by atoms with E-state index in [2.05, 4.69) is 10.2 Å². The van der Waals surface area contributed by atoms with Crippen LogP contribution < -0.4 is 10.2 Å². The first-order chi connectivity index (χ1) is 15.1. The third-order valence-electron chi connectivity index (χ3n) is 5.71. The zero-order valence-corrected chi connectivity index (χ0v) is 18.7. The van der Waals surface area contributed by atoms with Gasteiger partial charge >= 0.3 is 0 Å². The summed E-state index contributed by atoms with van der Waals surface area (Å²) in [5.41, 5.74) is 1.82. The van der Waals surface area contributed by atoms with Crippen LogP contribution in [0.3, 0.4) is 0 Å². The highest BCUT2D eigenvalue weighted by Gasteiger charge is 2.24. The summed E-state index contributed by atoms with van der Waals surface area (Å²) in [7, 11) is 0. The number of rotatable bonds is 9. The van der Waals surface area contributed by atoms with Crippen LogP contribution in [0.5, 0.6) is 0 Å². The molecule has 0 radical (unpaired) electrons. The Labute approximate surface area is 184 Å². The highest BCUT2D eigenvalue weighted by Crippen LogP contribution is 2.19. The second kappa shape index (κ2) is 12.0. The molecular formula is C23H35N3O5. The van der Waals surface area contributed by atoms with Gasteiger partial charge < -0.3 is 29.3 Å². The average molecular weight is 434 g/mol. The molecule has 1 N–H and O–H groups in total. The minimum atomic E-state index is -0.605. The van der Waals surface area contributed by atoms with Crippen molar-refractivity contribution in [3.05, 3.63) is 24.3 Å². The molecule has 1 aromatic rings. The van der Waals surface area contributed by atoms with Gasteiger partial charge in [-0.25, -0.2) is 0 Å². The van der Waals surface area contributed by atoms with Crippen molar-refractivity contribution in [1.82, 2.24) is 4.90 Å². The number of carbonyl (C=O) groups excluding carboxylic acids is 2. The summed E-state index contributed by atoms with van der Waals surface area (Å²) in [6.45, 7) is 8.39. The van der Waals surface area contributed by atoms with Crippen molar-refractivity contribution in [3.8, 4) is 0 Å². The Kier molecular flexibility index (Phi) is 9.12. The molecule has 0 aromatic heterocycles. The van der Waals surface area contributed by atoms with Crippen molar-refractivity contribution < 1.29 is 23.8 Å². The van der Waals surface area contributed by atoms with E-state index in [1.807, 2.05) is 31.2 Å². The summed E-state index contributed by atoms with van der Waals surface area (Å²) in [6, 6.07) is 7.76. The quantitative estimate of drug-likeness (QED) is 0.644. The predicted molar refractivity (Wildman–Crippen MR) is 119 cm³/mol. The first kappa shape index (κ1) is 23.5. The Balaban J connectivity index is 1.45. The molecule has 8 heteroatoms. The van der Waals surface area contributed by atoms with Crippen LogP contribution in [0.2, 0.25) is 0 Å². The molecule has 2 aliphatic rings. The third kappa shape index (κ3) is 7.19. The SMILES string of the molecule is CCN(CC(=O)Nc1ccc(N2CCOCC2)cc1)C(=O)C(C)OCC1CCCCO1. The van der Waals surface area contributed by atoms with Gasteiger partial charge in [0.2, 0.25) is 5.91 Å². The molecule has 2 saturated heterocycles. The molecule has 2 atom stereocenters. The Bertz CT molecular complexity index is 700. The van der Waals surface area contributed by atoms with Crippen LogP contribution >= 0.6 is 0 Å². The molecule has 0 aliphatic carbocycles. The molecule has 8 nitrogen and oxygen atoms in total. The van der Waals surface area contributed by atoms with E-state index in [9.17, 15) is 9.59 Å². The van der Waals surface area contributed by atoms with Crippen LogP contribution in [0.4, 0.5) is 11.4 Å². The standard InChI is InChI=1S/C23H35N3O5/c1-3-25(23(28)18(2)31-17-21-6-4-5-13-30-21)16-22(27)24-19-7-9-20(10-8-19)26-11-14-29-15-12-26/h7-10,18,21H,3-6,11-17H2,1-2H3,(H,24,27). The van der Waals surface area contributed by atoms with Gasteiger partial charge in [0.15, 0.2) is 0 Å². The first-order valence-corrected chi connectivity index (χ1v) is 11.3. The summed E-state index contributed by atoms with van der Waals surface area (Å²) in [5, 5.41) is 2.88. The van der Waals surface area contributed by atoms with Gasteiger partial charge in [-0.15, -0.1) is 0 Å². The van der Waals surface area contributed by atoms with E-state index in [0.29, 0.717) is 18.8 Å². The third-order valence-corrected chi connectivity index (χ3v) is 5.71. The summed E-state index contributed by atoms with van der Waals surface area (Å²) in [4.78, 5) is 29.0. The predicted octanol–water partition coefficient (Wildman–Crippen LogP) is 2.28. The molecule has 3 rings (SSSR count). The van der Waals surface area contributed by atoms with Crippen LogP contribution in [0.15, 0.2) is 24.3 Å². The normalized spacial score (nSPS) is 20.2. The van der Waals surface area contributed by atoms with Gasteiger partial charge in [0, 0.05) is 37.6 Å². The molecule has 0 saturated carbocycles. The van der Waals surface area contributed by atoms with Crippen LogP contribution in [0.1, 0.15) is 33.1 Å². The molecule has 2 amide bonds. The van der Waals surface area contributed by atoms with Gasteiger partial charge in [0.25, 0.3) is 5.91 Å². The number of nitrogens with one attached hydrogen (secondary N) is 1. The number of nitrogens with zero attached hydrogens (tertiary/aromatic N) is 2. The van der Waals surface area contributed by atoms with E-state index >= 15 is 0 Å². The van der Waals surface area contributed by atoms with Gasteiger partial charge in [0.05, 0.1) is 32.5 Å². The molecule has 2 aliphatic heterocycles. The number of ether oxygens (including phenoxy) is 3. The number of carbonyl (C=O) groups is 2. The smallest absolute Gasteiger partial charge is 0.251 e. The molecule has 0 spiro atoms. The fourth-order valence-electron chi connectivity index (χ4n) is 3.82. The lowest BCUT2D eigenvalue weighted by Crippen LogP contribution is -2.44. The van der Waals surface area contributed by atoms with E-state index in [1.165, 1.54) is 4.90 Å². The van der Waals surface area contributed by atoms with E-state index in [-0.39, 0.29) is 24.5 Å². The number of likely N-dealkylation sites (N-methyl/N-ethyl adjacent to an activating group) is 1. The van der Waals surface area contributed by atoms with Gasteiger partial charge in [-0.1, -0.05) is 0 Å². The fourth-order valence-corrected chi connectivity index (χ4v) is 3.82. The zero-order chi connectivity index (χ0) is 22.1. The molecule has 2 unspecified atom stereocenters. The van der Waals surface area contributed by atoms with Crippen molar-refractivity contribution in [2.75, 3.05) is 62.8 Å². The van der Waals surface area contributed by atoms with Crippen LogP contribution in [0, 0.1) is 0 Å².